The highest BCUT2D eigenvalue weighted by Gasteiger charge is 2.15. The lowest BCUT2D eigenvalue weighted by Gasteiger charge is -2.22. The van der Waals surface area contributed by atoms with E-state index in [1.54, 1.807) is 18.5 Å². The summed E-state index contributed by atoms with van der Waals surface area (Å²) >= 11 is 3.46. The van der Waals surface area contributed by atoms with Gasteiger partial charge in [0, 0.05) is 42.7 Å². The minimum atomic E-state index is -0.275. The fraction of sp³-hybridized carbons (Fsp3) is 0.211. The van der Waals surface area contributed by atoms with Gasteiger partial charge in [0.1, 0.15) is 18.0 Å². The number of aromatic nitrogens is 6. The Bertz CT molecular complexity index is 1100. The lowest BCUT2D eigenvalue weighted by molar-refractivity contribution is 0.241. The molecule has 0 atom stereocenters. The van der Waals surface area contributed by atoms with Gasteiger partial charge in [-0.15, -0.1) is 10.2 Å². The van der Waals surface area contributed by atoms with Crippen LogP contribution in [0.3, 0.4) is 0 Å². The highest BCUT2D eigenvalue weighted by atomic mass is 79.9. The van der Waals surface area contributed by atoms with Crippen molar-refractivity contribution < 1.29 is 4.39 Å². The molecule has 142 valence electrons. The molecule has 0 unspecified atom stereocenters. The second-order valence-corrected chi connectivity index (χ2v) is 7.25. The molecule has 0 radical (unpaired) electrons. The summed E-state index contributed by atoms with van der Waals surface area (Å²) in [6.45, 7) is 3.61. The zero-order valence-electron chi connectivity index (χ0n) is 15.1. The average Bonchev–Trinajstić information content (AvgIpc) is 3.07. The molecule has 0 N–H and O–H groups in total. The van der Waals surface area contributed by atoms with Gasteiger partial charge in [-0.05, 0) is 30.7 Å². The summed E-state index contributed by atoms with van der Waals surface area (Å²) in [5.41, 5.74) is 3.40. The third-order valence-corrected chi connectivity index (χ3v) is 5.12. The van der Waals surface area contributed by atoms with Gasteiger partial charge in [0.05, 0.1) is 11.4 Å². The van der Waals surface area contributed by atoms with E-state index in [0.717, 1.165) is 32.9 Å². The first-order chi connectivity index (χ1) is 13.6. The second-order valence-electron chi connectivity index (χ2n) is 6.40. The Morgan fingerprint density at radius 3 is 2.75 bits per heavy atom. The predicted octanol–water partition coefficient (Wildman–Crippen LogP) is 3.33. The number of rotatable bonds is 6. The van der Waals surface area contributed by atoms with Gasteiger partial charge in [-0.25, -0.2) is 14.4 Å². The van der Waals surface area contributed by atoms with Crippen LogP contribution < -0.4 is 0 Å². The first-order valence-corrected chi connectivity index (χ1v) is 9.46. The van der Waals surface area contributed by atoms with Crippen molar-refractivity contribution in [1.82, 2.24) is 34.4 Å². The summed E-state index contributed by atoms with van der Waals surface area (Å²) in [7, 11) is 0. The van der Waals surface area contributed by atoms with E-state index < -0.39 is 0 Å². The molecule has 3 aromatic heterocycles. The normalized spacial score (nSPS) is 11.4. The summed E-state index contributed by atoms with van der Waals surface area (Å²) < 4.78 is 16.1. The molecule has 0 aliphatic rings. The van der Waals surface area contributed by atoms with Crippen molar-refractivity contribution in [2.45, 2.75) is 26.6 Å². The van der Waals surface area contributed by atoms with Crippen LogP contribution in [-0.2, 0) is 19.6 Å². The van der Waals surface area contributed by atoms with E-state index in [1.165, 1.54) is 18.5 Å². The van der Waals surface area contributed by atoms with Gasteiger partial charge < -0.3 is 0 Å². The lowest BCUT2D eigenvalue weighted by atomic mass is 10.2. The van der Waals surface area contributed by atoms with E-state index in [2.05, 4.69) is 46.0 Å². The first kappa shape index (κ1) is 18.6. The molecule has 28 heavy (non-hydrogen) atoms. The van der Waals surface area contributed by atoms with E-state index >= 15 is 0 Å². The molecular formula is C19H17BrFN7. The van der Waals surface area contributed by atoms with Crippen LogP contribution in [0.25, 0.3) is 5.65 Å². The fourth-order valence-corrected chi connectivity index (χ4v) is 3.49. The zero-order valence-corrected chi connectivity index (χ0v) is 16.7. The highest BCUT2D eigenvalue weighted by Crippen LogP contribution is 2.22. The van der Waals surface area contributed by atoms with Crippen LogP contribution in [-0.4, -0.2) is 34.4 Å². The van der Waals surface area contributed by atoms with Crippen LogP contribution in [0, 0.1) is 12.7 Å². The molecule has 1 aromatic carbocycles. The van der Waals surface area contributed by atoms with Gasteiger partial charge in [0.15, 0.2) is 5.65 Å². The molecule has 0 bridgehead atoms. The largest absolute Gasteiger partial charge is 0.287 e. The molecule has 0 saturated heterocycles. The molecule has 0 aliphatic heterocycles. The minimum absolute atomic E-state index is 0.275. The van der Waals surface area contributed by atoms with Gasteiger partial charge in [-0.1, -0.05) is 22.0 Å². The Balaban J connectivity index is 1.65. The topological polar surface area (TPSA) is 72.1 Å². The summed E-state index contributed by atoms with van der Waals surface area (Å²) in [5, 5.41) is 8.39. The maximum atomic E-state index is 13.5. The average molecular weight is 442 g/mol. The third kappa shape index (κ3) is 4.05. The van der Waals surface area contributed by atoms with Gasteiger partial charge in [0.25, 0.3) is 0 Å². The molecule has 0 fully saturated rings. The van der Waals surface area contributed by atoms with Crippen LogP contribution in [0.1, 0.15) is 22.8 Å². The van der Waals surface area contributed by atoms with Crippen LogP contribution in [0.2, 0.25) is 0 Å². The maximum absolute atomic E-state index is 13.5. The number of nitrogens with zero attached hydrogens (tertiary/aromatic N) is 7. The van der Waals surface area contributed by atoms with Crippen molar-refractivity contribution >= 4 is 21.6 Å². The number of aryl methyl sites for hydroxylation is 1. The van der Waals surface area contributed by atoms with Gasteiger partial charge in [-0.2, -0.15) is 0 Å². The van der Waals surface area contributed by atoms with E-state index in [-0.39, 0.29) is 5.82 Å². The maximum Gasteiger partial charge on any atom is 0.183 e. The zero-order chi connectivity index (χ0) is 19.5. The summed E-state index contributed by atoms with van der Waals surface area (Å²) in [6.07, 6.45) is 6.84. The Hall–Kier alpha value is -2.78. The Labute approximate surface area is 169 Å². The smallest absolute Gasteiger partial charge is 0.183 e. The second kappa shape index (κ2) is 8.07. The summed E-state index contributed by atoms with van der Waals surface area (Å²) in [6, 6.07) is 6.59. The molecule has 4 aromatic rings. The van der Waals surface area contributed by atoms with Crippen LogP contribution in [0.4, 0.5) is 4.39 Å². The van der Waals surface area contributed by atoms with E-state index in [4.69, 9.17) is 0 Å². The minimum Gasteiger partial charge on any atom is -0.287 e. The summed E-state index contributed by atoms with van der Waals surface area (Å²) in [4.78, 5) is 15.0. The number of hydrogen-bond acceptors (Lipinski definition) is 6. The predicted molar refractivity (Wildman–Crippen MR) is 105 cm³/mol. The van der Waals surface area contributed by atoms with E-state index in [0.29, 0.717) is 19.6 Å². The van der Waals surface area contributed by atoms with Crippen molar-refractivity contribution in [3.05, 3.63) is 82.2 Å². The molecule has 9 heteroatoms. The van der Waals surface area contributed by atoms with Crippen molar-refractivity contribution in [3.63, 3.8) is 0 Å². The Kier molecular flexibility index (Phi) is 5.36. The molecule has 0 saturated carbocycles. The van der Waals surface area contributed by atoms with Crippen LogP contribution in [0.15, 0.2) is 53.7 Å². The molecule has 0 aliphatic carbocycles. The number of hydrogen-bond donors (Lipinski definition) is 0. The number of fused-ring (bicyclic) bond motifs is 1. The fourth-order valence-electron chi connectivity index (χ4n) is 3.01. The van der Waals surface area contributed by atoms with Crippen LogP contribution >= 0.6 is 15.9 Å². The molecule has 7 nitrogen and oxygen atoms in total. The van der Waals surface area contributed by atoms with Gasteiger partial charge in [-0.3, -0.25) is 14.3 Å². The molecule has 0 amide bonds. The monoisotopic (exact) mass is 441 g/mol. The molecular weight excluding hydrogens is 425 g/mol. The molecule has 3 heterocycles. The standard InChI is InChI=1S/C19H17BrFN7/c1-13-25-26-19-18(23-6-7-28(13)19)11-27(10-16-4-5-22-12-24-16)9-14-2-3-15(21)8-17(14)20/h2-8,12H,9-11H2,1H3. The number of halogens is 2. The number of benzene rings is 1. The SMILES string of the molecule is Cc1nnc2c(CN(Cc3ccncn3)Cc3ccc(F)cc3Br)nccn12. The van der Waals surface area contributed by atoms with E-state index in [9.17, 15) is 4.39 Å². The van der Waals surface area contributed by atoms with Crippen molar-refractivity contribution in [2.75, 3.05) is 0 Å². The van der Waals surface area contributed by atoms with Gasteiger partial charge in [0.2, 0.25) is 0 Å². The highest BCUT2D eigenvalue weighted by molar-refractivity contribution is 9.10. The lowest BCUT2D eigenvalue weighted by Crippen LogP contribution is -2.24. The summed E-state index contributed by atoms with van der Waals surface area (Å²) in [5.74, 6) is 0.533. The third-order valence-electron chi connectivity index (χ3n) is 4.38. The molecule has 0 spiro atoms. The van der Waals surface area contributed by atoms with Crippen molar-refractivity contribution in [2.24, 2.45) is 0 Å². The Morgan fingerprint density at radius 1 is 1.07 bits per heavy atom. The van der Waals surface area contributed by atoms with Crippen molar-refractivity contribution in [3.8, 4) is 0 Å². The van der Waals surface area contributed by atoms with Crippen LogP contribution in [0.5, 0.6) is 0 Å². The quantitative estimate of drug-likeness (QED) is 0.456. The molecule has 4 rings (SSSR count). The first-order valence-electron chi connectivity index (χ1n) is 8.66. The van der Waals surface area contributed by atoms with Crippen molar-refractivity contribution in [1.29, 1.82) is 0 Å². The van der Waals surface area contributed by atoms with E-state index in [1.807, 2.05) is 23.6 Å². The van der Waals surface area contributed by atoms with Gasteiger partial charge >= 0.3 is 0 Å². The Morgan fingerprint density at radius 2 is 1.96 bits per heavy atom.